The number of imide groups is 1. The second-order valence-corrected chi connectivity index (χ2v) is 3.33. The lowest BCUT2D eigenvalue weighted by atomic mass is 10.0. The molecule has 0 radical (unpaired) electrons. The number of carbonyl (C=O) groups excluding carboxylic acids is 3. The first-order chi connectivity index (χ1) is 6.56. The smallest absolute Gasteiger partial charge is 0.249 e. The van der Waals surface area contributed by atoms with E-state index in [1.54, 1.807) is 14.0 Å². The van der Waals surface area contributed by atoms with Gasteiger partial charge < -0.3 is 4.90 Å². The quantitative estimate of drug-likeness (QED) is 0.617. The molecule has 0 aromatic heterocycles. The number of piperidine rings is 1. The molecule has 1 unspecified atom stereocenters. The van der Waals surface area contributed by atoms with E-state index >= 15 is 0 Å². The molecule has 0 aliphatic carbocycles. The number of amides is 3. The van der Waals surface area contributed by atoms with E-state index in [1.165, 1.54) is 4.90 Å². The van der Waals surface area contributed by atoms with E-state index < -0.39 is 6.04 Å². The van der Waals surface area contributed by atoms with Crippen LogP contribution in [0.15, 0.2) is 0 Å². The van der Waals surface area contributed by atoms with Gasteiger partial charge in [-0.1, -0.05) is 6.92 Å². The van der Waals surface area contributed by atoms with Crippen molar-refractivity contribution in [2.24, 2.45) is 0 Å². The summed E-state index contributed by atoms with van der Waals surface area (Å²) in [6, 6.07) is -0.486. The summed E-state index contributed by atoms with van der Waals surface area (Å²) in [5.74, 6) is -0.714. The number of hydrogen-bond donors (Lipinski definition) is 1. The minimum Gasteiger partial charge on any atom is -0.334 e. The number of likely N-dealkylation sites (N-methyl/N-ethyl adjacent to an activating group) is 1. The number of hydrogen-bond acceptors (Lipinski definition) is 3. The molecule has 0 spiro atoms. The fourth-order valence-electron chi connectivity index (χ4n) is 1.47. The Morgan fingerprint density at radius 3 is 2.71 bits per heavy atom. The first kappa shape index (κ1) is 10.7. The van der Waals surface area contributed by atoms with Gasteiger partial charge in [0, 0.05) is 19.9 Å². The largest absolute Gasteiger partial charge is 0.334 e. The van der Waals surface area contributed by atoms with Gasteiger partial charge in [0.25, 0.3) is 0 Å². The molecule has 3 amide bonds. The molecule has 1 N–H and O–H groups in total. The lowest BCUT2D eigenvalue weighted by molar-refractivity contribution is -0.144. The second-order valence-electron chi connectivity index (χ2n) is 3.33. The van der Waals surface area contributed by atoms with Crippen molar-refractivity contribution in [3.63, 3.8) is 0 Å². The van der Waals surface area contributed by atoms with Crippen molar-refractivity contribution in [3.05, 3.63) is 0 Å². The average Bonchev–Trinajstić information content (AvgIpc) is 2.15. The Bertz CT molecular complexity index is 275. The van der Waals surface area contributed by atoms with E-state index in [0.717, 1.165) is 0 Å². The van der Waals surface area contributed by atoms with Crippen LogP contribution in [0.2, 0.25) is 0 Å². The van der Waals surface area contributed by atoms with E-state index in [9.17, 15) is 14.4 Å². The SMILES string of the molecule is CCC(=O)N(C)C1CCC(=O)NC1=O. The van der Waals surface area contributed by atoms with E-state index in [0.29, 0.717) is 19.3 Å². The predicted molar refractivity (Wildman–Crippen MR) is 49.2 cm³/mol. The van der Waals surface area contributed by atoms with Gasteiger partial charge in [-0.2, -0.15) is 0 Å². The van der Waals surface area contributed by atoms with Crippen LogP contribution in [0.3, 0.4) is 0 Å². The molecule has 1 atom stereocenters. The molecular formula is C9H14N2O3. The molecule has 0 aromatic rings. The highest BCUT2D eigenvalue weighted by atomic mass is 16.2. The highest BCUT2D eigenvalue weighted by Gasteiger charge is 2.31. The van der Waals surface area contributed by atoms with Gasteiger partial charge in [0.05, 0.1) is 0 Å². The second kappa shape index (κ2) is 4.21. The van der Waals surface area contributed by atoms with Crippen LogP contribution in [-0.2, 0) is 14.4 Å². The average molecular weight is 198 g/mol. The van der Waals surface area contributed by atoms with Gasteiger partial charge in [-0.3, -0.25) is 19.7 Å². The maximum absolute atomic E-state index is 11.3. The van der Waals surface area contributed by atoms with E-state index in [1.807, 2.05) is 0 Å². The van der Waals surface area contributed by atoms with Gasteiger partial charge in [-0.25, -0.2) is 0 Å². The van der Waals surface area contributed by atoms with Crippen LogP contribution in [0.1, 0.15) is 26.2 Å². The van der Waals surface area contributed by atoms with Crippen LogP contribution >= 0.6 is 0 Å². The zero-order chi connectivity index (χ0) is 10.7. The molecule has 14 heavy (non-hydrogen) atoms. The molecule has 0 bridgehead atoms. The first-order valence-electron chi connectivity index (χ1n) is 4.65. The summed E-state index contributed by atoms with van der Waals surface area (Å²) in [6.07, 6.45) is 1.10. The van der Waals surface area contributed by atoms with Gasteiger partial charge >= 0.3 is 0 Å². The van der Waals surface area contributed by atoms with Crippen molar-refractivity contribution in [2.75, 3.05) is 7.05 Å². The van der Waals surface area contributed by atoms with Crippen LogP contribution in [0.4, 0.5) is 0 Å². The Kier molecular flexibility index (Phi) is 3.22. The Morgan fingerprint density at radius 1 is 1.57 bits per heavy atom. The summed E-state index contributed by atoms with van der Waals surface area (Å²) in [7, 11) is 1.59. The van der Waals surface area contributed by atoms with Crippen molar-refractivity contribution >= 4 is 17.7 Å². The molecular weight excluding hydrogens is 184 g/mol. The first-order valence-corrected chi connectivity index (χ1v) is 4.65. The molecule has 1 aliphatic heterocycles. The van der Waals surface area contributed by atoms with Crippen molar-refractivity contribution in [3.8, 4) is 0 Å². The zero-order valence-electron chi connectivity index (χ0n) is 8.37. The molecule has 1 saturated heterocycles. The summed E-state index contributed by atoms with van der Waals surface area (Å²) in [5.41, 5.74) is 0. The third-order valence-electron chi connectivity index (χ3n) is 2.37. The number of rotatable bonds is 2. The Morgan fingerprint density at radius 2 is 2.21 bits per heavy atom. The van der Waals surface area contributed by atoms with Crippen LogP contribution in [0, 0.1) is 0 Å². The summed E-state index contributed by atoms with van der Waals surface area (Å²) in [4.78, 5) is 34.9. The van der Waals surface area contributed by atoms with Gasteiger partial charge in [0.1, 0.15) is 6.04 Å². The normalized spacial score (nSPS) is 21.7. The van der Waals surface area contributed by atoms with Gasteiger partial charge in [-0.15, -0.1) is 0 Å². The molecule has 5 nitrogen and oxygen atoms in total. The fraction of sp³-hybridized carbons (Fsp3) is 0.667. The zero-order valence-corrected chi connectivity index (χ0v) is 8.37. The maximum atomic E-state index is 11.3. The Balaban J connectivity index is 2.64. The Labute approximate surface area is 82.4 Å². The lowest BCUT2D eigenvalue weighted by Gasteiger charge is -2.29. The van der Waals surface area contributed by atoms with Gasteiger partial charge in [0.2, 0.25) is 17.7 Å². The molecule has 1 aliphatic rings. The molecule has 1 rings (SSSR count). The number of carbonyl (C=O) groups is 3. The van der Waals surface area contributed by atoms with Gasteiger partial charge in [0.15, 0.2) is 0 Å². The maximum Gasteiger partial charge on any atom is 0.249 e. The van der Waals surface area contributed by atoms with Crippen molar-refractivity contribution in [1.29, 1.82) is 0 Å². The van der Waals surface area contributed by atoms with Crippen LogP contribution < -0.4 is 5.32 Å². The van der Waals surface area contributed by atoms with Crippen LogP contribution in [0.25, 0.3) is 0 Å². The Hall–Kier alpha value is -1.39. The minimum atomic E-state index is -0.486. The van der Waals surface area contributed by atoms with Crippen LogP contribution in [-0.4, -0.2) is 35.7 Å². The number of nitrogens with zero attached hydrogens (tertiary/aromatic N) is 1. The third kappa shape index (κ3) is 2.10. The molecule has 5 heteroatoms. The third-order valence-corrected chi connectivity index (χ3v) is 2.37. The molecule has 0 saturated carbocycles. The monoisotopic (exact) mass is 198 g/mol. The number of nitrogens with one attached hydrogen (secondary N) is 1. The standard InChI is InChI=1S/C9H14N2O3/c1-3-8(13)11(2)6-4-5-7(12)10-9(6)14/h6H,3-5H2,1-2H3,(H,10,12,14). The topological polar surface area (TPSA) is 66.5 Å². The highest BCUT2D eigenvalue weighted by molar-refractivity contribution is 6.01. The summed E-state index contributed by atoms with van der Waals surface area (Å²) < 4.78 is 0. The summed E-state index contributed by atoms with van der Waals surface area (Å²) >= 11 is 0. The summed E-state index contributed by atoms with van der Waals surface area (Å²) in [6.45, 7) is 1.74. The molecule has 78 valence electrons. The fourth-order valence-corrected chi connectivity index (χ4v) is 1.47. The predicted octanol–water partition coefficient (Wildman–Crippen LogP) is -0.340. The minimum absolute atomic E-state index is 0.0838. The van der Waals surface area contributed by atoms with E-state index in [-0.39, 0.29) is 17.7 Å². The summed E-state index contributed by atoms with van der Waals surface area (Å²) in [5, 5.41) is 2.22. The van der Waals surface area contributed by atoms with E-state index in [4.69, 9.17) is 0 Å². The van der Waals surface area contributed by atoms with Crippen molar-refractivity contribution in [2.45, 2.75) is 32.2 Å². The molecule has 1 fully saturated rings. The van der Waals surface area contributed by atoms with Crippen molar-refractivity contribution < 1.29 is 14.4 Å². The van der Waals surface area contributed by atoms with E-state index in [2.05, 4.69) is 5.32 Å². The lowest BCUT2D eigenvalue weighted by Crippen LogP contribution is -2.52. The van der Waals surface area contributed by atoms with Gasteiger partial charge in [-0.05, 0) is 6.42 Å². The molecule has 0 aromatic carbocycles. The molecule has 1 heterocycles. The van der Waals surface area contributed by atoms with Crippen molar-refractivity contribution in [1.82, 2.24) is 10.2 Å². The highest BCUT2D eigenvalue weighted by Crippen LogP contribution is 2.11. The van der Waals surface area contributed by atoms with Crippen LogP contribution in [0.5, 0.6) is 0 Å².